The minimum Gasteiger partial charge on any atom is -0.299 e. The second kappa shape index (κ2) is 16.9. The van der Waals surface area contributed by atoms with Crippen molar-refractivity contribution in [3.63, 3.8) is 0 Å². The molecule has 0 fully saturated rings. The van der Waals surface area contributed by atoms with E-state index >= 15 is 0 Å². The molecule has 1 rings (SSSR count). The van der Waals surface area contributed by atoms with E-state index in [-0.39, 0.29) is 0 Å². The largest absolute Gasteiger partial charge is 0.299 e. The Hall–Kier alpha value is -0.560. The van der Waals surface area contributed by atoms with Crippen molar-refractivity contribution in [2.75, 3.05) is 20.1 Å². The number of rotatable bonds is 0. The van der Waals surface area contributed by atoms with Gasteiger partial charge in [0.1, 0.15) is 0 Å². The van der Waals surface area contributed by atoms with Crippen LogP contribution in [0.3, 0.4) is 0 Å². The van der Waals surface area contributed by atoms with E-state index in [0.717, 1.165) is 0 Å². The molecule has 0 amide bonds. The Balaban J connectivity index is -0.000000179. The van der Waals surface area contributed by atoms with Crippen molar-refractivity contribution in [3.05, 3.63) is 23.8 Å². The van der Waals surface area contributed by atoms with Crippen LogP contribution in [0.25, 0.3) is 0 Å². The SMILES string of the molecule is C=CC.CC.CC1=C(C)CN(C)C1.CCC. The second-order valence-electron chi connectivity index (χ2n) is 3.85. The van der Waals surface area contributed by atoms with Gasteiger partial charge in [0.05, 0.1) is 0 Å². The maximum atomic E-state index is 3.36. The van der Waals surface area contributed by atoms with Gasteiger partial charge in [0.2, 0.25) is 0 Å². The lowest BCUT2D eigenvalue weighted by atomic mass is 10.2. The molecule has 0 saturated carbocycles. The molecule has 1 aliphatic rings. The molecule has 0 atom stereocenters. The molecule has 0 saturated heterocycles. The Labute approximate surface area is 104 Å². The number of allylic oxidation sites excluding steroid dienone is 1. The van der Waals surface area contributed by atoms with Crippen molar-refractivity contribution < 1.29 is 0 Å². The van der Waals surface area contributed by atoms with Crippen molar-refractivity contribution in [2.45, 2.75) is 54.9 Å². The molecule has 98 valence electrons. The Kier molecular flexibility index (Phi) is 21.9. The summed E-state index contributed by atoms with van der Waals surface area (Å²) in [7, 11) is 2.15. The molecule has 0 radical (unpaired) electrons. The highest BCUT2D eigenvalue weighted by Crippen LogP contribution is 2.12. The molecule has 1 nitrogen and oxygen atoms in total. The zero-order valence-corrected chi connectivity index (χ0v) is 12.9. The molecule has 0 N–H and O–H groups in total. The topological polar surface area (TPSA) is 3.24 Å². The molecular weight excluding hydrogens is 194 g/mol. The van der Waals surface area contributed by atoms with Gasteiger partial charge in [-0.25, -0.2) is 0 Å². The van der Waals surface area contributed by atoms with Crippen molar-refractivity contribution in [1.29, 1.82) is 0 Å². The van der Waals surface area contributed by atoms with Gasteiger partial charge in [-0.3, -0.25) is 4.90 Å². The van der Waals surface area contributed by atoms with Crippen LogP contribution in [0.5, 0.6) is 0 Å². The Morgan fingerprint density at radius 1 is 1.12 bits per heavy atom. The highest BCUT2D eigenvalue weighted by Gasteiger charge is 2.09. The van der Waals surface area contributed by atoms with Crippen LogP contribution in [0.4, 0.5) is 0 Å². The van der Waals surface area contributed by atoms with E-state index in [0.29, 0.717) is 0 Å². The second-order valence-corrected chi connectivity index (χ2v) is 3.85. The summed E-state index contributed by atoms with van der Waals surface area (Å²) in [6.07, 6.45) is 3.00. The summed E-state index contributed by atoms with van der Waals surface area (Å²) in [5.74, 6) is 0. The zero-order chi connectivity index (χ0) is 13.6. The van der Waals surface area contributed by atoms with Crippen LogP contribution in [0.2, 0.25) is 0 Å². The summed E-state index contributed by atoms with van der Waals surface area (Å²) in [4.78, 5) is 2.32. The van der Waals surface area contributed by atoms with Crippen LogP contribution in [-0.2, 0) is 0 Å². The van der Waals surface area contributed by atoms with Crippen LogP contribution in [0.1, 0.15) is 54.9 Å². The first-order chi connectivity index (χ1) is 7.53. The van der Waals surface area contributed by atoms with E-state index in [1.807, 2.05) is 20.8 Å². The van der Waals surface area contributed by atoms with E-state index < -0.39 is 0 Å². The maximum absolute atomic E-state index is 3.36. The molecular formula is C15H33N. The molecule has 0 spiro atoms. The molecule has 0 bridgehead atoms. The van der Waals surface area contributed by atoms with Gasteiger partial charge in [-0.05, 0) is 27.8 Å². The van der Waals surface area contributed by atoms with Crippen LogP contribution in [-0.4, -0.2) is 25.0 Å². The van der Waals surface area contributed by atoms with Gasteiger partial charge in [0, 0.05) is 13.1 Å². The summed E-state index contributed by atoms with van der Waals surface area (Å²) < 4.78 is 0. The van der Waals surface area contributed by atoms with Crippen molar-refractivity contribution in [3.8, 4) is 0 Å². The fraction of sp³-hybridized carbons (Fsp3) is 0.733. The third-order valence-corrected chi connectivity index (χ3v) is 1.74. The summed E-state index contributed by atoms with van der Waals surface area (Å²) in [5, 5.41) is 0. The Morgan fingerprint density at radius 2 is 1.31 bits per heavy atom. The van der Waals surface area contributed by atoms with Crippen molar-refractivity contribution in [2.24, 2.45) is 0 Å². The van der Waals surface area contributed by atoms with E-state index in [9.17, 15) is 0 Å². The zero-order valence-electron chi connectivity index (χ0n) is 12.9. The predicted molar refractivity (Wildman–Crippen MR) is 79.1 cm³/mol. The third-order valence-electron chi connectivity index (χ3n) is 1.74. The lowest BCUT2D eigenvalue weighted by molar-refractivity contribution is 0.424. The highest BCUT2D eigenvalue weighted by molar-refractivity contribution is 5.17. The fourth-order valence-electron chi connectivity index (χ4n) is 1.14. The number of hydrogen-bond acceptors (Lipinski definition) is 1. The first-order valence-corrected chi connectivity index (χ1v) is 6.44. The highest BCUT2D eigenvalue weighted by atomic mass is 15.1. The monoisotopic (exact) mass is 227 g/mol. The quantitative estimate of drug-likeness (QED) is 0.532. The molecule has 1 aliphatic heterocycles. The van der Waals surface area contributed by atoms with Crippen molar-refractivity contribution >= 4 is 0 Å². The summed E-state index contributed by atoms with van der Waals surface area (Å²) in [5.41, 5.74) is 3.10. The van der Waals surface area contributed by atoms with Gasteiger partial charge in [0.15, 0.2) is 0 Å². The van der Waals surface area contributed by atoms with Gasteiger partial charge >= 0.3 is 0 Å². The summed E-state index contributed by atoms with van der Waals surface area (Å²) in [6.45, 7) is 20.3. The smallest absolute Gasteiger partial charge is 0.0193 e. The van der Waals surface area contributed by atoms with E-state index in [1.165, 1.54) is 19.5 Å². The molecule has 0 aromatic carbocycles. The lowest BCUT2D eigenvalue weighted by Crippen LogP contribution is -2.13. The van der Waals surface area contributed by atoms with E-state index in [2.05, 4.69) is 46.2 Å². The summed E-state index contributed by atoms with van der Waals surface area (Å²) >= 11 is 0. The van der Waals surface area contributed by atoms with Crippen LogP contribution < -0.4 is 0 Å². The van der Waals surface area contributed by atoms with E-state index in [4.69, 9.17) is 0 Å². The van der Waals surface area contributed by atoms with Gasteiger partial charge in [-0.15, -0.1) is 6.58 Å². The van der Waals surface area contributed by atoms with Crippen LogP contribution in [0.15, 0.2) is 23.8 Å². The minimum atomic E-state index is 1.17. The van der Waals surface area contributed by atoms with Gasteiger partial charge in [0.25, 0.3) is 0 Å². The van der Waals surface area contributed by atoms with Gasteiger partial charge in [-0.2, -0.15) is 0 Å². The van der Waals surface area contributed by atoms with Crippen LogP contribution in [0, 0.1) is 0 Å². The average Bonchev–Trinajstić information content (AvgIpc) is 2.50. The lowest BCUT2D eigenvalue weighted by Gasteiger charge is -2.04. The molecule has 0 aromatic rings. The fourth-order valence-corrected chi connectivity index (χ4v) is 1.14. The van der Waals surface area contributed by atoms with Crippen molar-refractivity contribution in [1.82, 2.24) is 4.90 Å². The molecule has 1 heterocycles. The van der Waals surface area contributed by atoms with Crippen LogP contribution >= 0.6 is 0 Å². The predicted octanol–water partition coefficient (Wildman–Crippen LogP) is 4.90. The normalized spacial score (nSPS) is 13.8. The first-order valence-electron chi connectivity index (χ1n) is 6.44. The Morgan fingerprint density at radius 3 is 1.38 bits per heavy atom. The maximum Gasteiger partial charge on any atom is 0.0193 e. The minimum absolute atomic E-state index is 1.17. The Bertz CT molecular complexity index is 154. The number of hydrogen-bond donors (Lipinski definition) is 0. The average molecular weight is 227 g/mol. The molecule has 16 heavy (non-hydrogen) atoms. The van der Waals surface area contributed by atoms with Gasteiger partial charge in [-0.1, -0.05) is 51.3 Å². The molecule has 0 aromatic heterocycles. The molecule has 0 unspecified atom stereocenters. The molecule has 0 aliphatic carbocycles. The summed E-state index contributed by atoms with van der Waals surface area (Å²) in [6, 6.07) is 0. The standard InChI is InChI=1S/C7H13N.C3H8.C3H6.C2H6/c1-6-4-8(3)5-7(6)2;2*1-3-2;1-2/h4-5H2,1-3H3;3H2,1-2H3;3H,1H2,2H3;1-2H3. The third kappa shape index (κ3) is 15.9. The first kappa shape index (κ1) is 20.8. The van der Waals surface area contributed by atoms with Gasteiger partial charge < -0.3 is 0 Å². The molecule has 1 heteroatoms. The van der Waals surface area contributed by atoms with E-state index in [1.54, 1.807) is 17.2 Å². The number of likely N-dealkylation sites (N-methyl/N-ethyl adjacent to an activating group) is 1. The number of nitrogens with zero attached hydrogens (tertiary/aromatic N) is 1.